The Balaban J connectivity index is 2.68. The molecule has 0 fully saturated rings. The van der Waals surface area contributed by atoms with E-state index < -0.39 is 5.97 Å². The minimum atomic E-state index is -0.483. The highest BCUT2D eigenvalue weighted by atomic mass is 16.5. The van der Waals surface area contributed by atoms with Gasteiger partial charge in [0.25, 0.3) is 5.82 Å². The van der Waals surface area contributed by atoms with E-state index in [9.17, 15) is 4.79 Å². The molecule has 102 valence electrons. The molecule has 4 nitrogen and oxygen atoms in total. The van der Waals surface area contributed by atoms with E-state index in [2.05, 4.69) is 15.7 Å². The molecule has 1 heterocycles. The van der Waals surface area contributed by atoms with Gasteiger partial charge >= 0.3 is 5.97 Å². The summed E-state index contributed by atoms with van der Waals surface area (Å²) >= 11 is 0. The lowest BCUT2D eigenvalue weighted by atomic mass is 9.97. The molecule has 0 amide bonds. The number of carbonyl (C=O) groups is 1. The normalized spacial score (nSPS) is 9.48. The second kappa shape index (κ2) is 6.36. The number of hydrogen-bond acceptors (Lipinski definition) is 3. The van der Waals surface area contributed by atoms with Crippen LogP contribution < -0.4 is 0 Å². The van der Waals surface area contributed by atoms with Crippen molar-refractivity contribution in [1.82, 2.24) is 4.98 Å². The lowest BCUT2D eigenvalue weighted by Gasteiger charge is -2.10. The summed E-state index contributed by atoms with van der Waals surface area (Å²) in [6.45, 7) is 9.06. The fourth-order valence-electron chi connectivity index (χ4n) is 1.94. The van der Waals surface area contributed by atoms with Crippen LogP contribution in [0.3, 0.4) is 0 Å². The molecule has 0 aliphatic heterocycles. The molecule has 0 atom stereocenters. The van der Waals surface area contributed by atoms with Crippen molar-refractivity contribution < 1.29 is 9.53 Å². The number of rotatable bonds is 3. The number of aromatic nitrogens is 1. The summed E-state index contributed by atoms with van der Waals surface area (Å²) in [5.74, 6) is 2.30. The van der Waals surface area contributed by atoms with E-state index in [1.807, 2.05) is 12.1 Å². The van der Waals surface area contributed by atoms with Crippen LogP contribution in [-0.2, 0) is 4.74 Å². The molecule has 2 rings (SSSR count). The van der Waals surface area contributed by atoms with Gasteiger partial charge < -0.3 is 9.58 Å². The van der Waals surface area contributed by atoms with Gasteiger partial charge in [0.15, 0.2) is 0 Å². The molecule has 0 saturated carbocycles. The molecule has 4 heteroatoms. The minimum Gasteiger partial charge on any atom is -0.462 e. The maximum absolute atomic E-state index is 12.0. The van der Waals surface area contributed by atoms with E-state index in [0.29, 0.717) is 22.3 Å². The first kappa shape index (κ1) is 14.3. The van der Waals surface area contributed by atoms with E-state index in [4.69, 9.17) is 17.7 Å². The molecule has 1 aromatic heterocycles. The number of ether oxygens (including phenoxy) is 1. The molecule has 0 aliphatic carbocycles. The number of carbonyl (C=O) groups excluding carboxylic acids is 1. The number of nitrogens with zero attached hydrogens (tertiary/aromatic N) is 2. The third kappa shape index (κ3) is 2.91. The Hall–Kier alpha value is -3.11. The van der Waals surface area contributed by atoms with Crippen LogP contribution in [0.2, 0.25) is 0 Å². The van der Waals surface area contributed by atoms with Gasteiger partial charge in [0.2, 0.25) is 0 Å². The smallest absolute Gasteiger partial charge is 0.342 e. The number of terminal acetylenes is 1. The SMILES string of the molecule is [C-]#[N+]c1cc(-c2ccccc2C#C)c(C(=O)OCC)cn1. The second-order valence-corrected chi connectivity index (χ2v) is 4.11. The lowest BCUT2D eigenvalue weighted by molar-refractivity contribution is 0.0527. The number of esters is 1. The molecule has 0 bridgehead atoms. The summed E-state index contributed by atoms with van der Waals surface area (Å²) in [4.78, 5) is 19.3. The summed E-state index contributed by atoms with van der Waals surface area (Å²) in [6.07, 6.45) is 6.86. The summed E-state index contributed by atoms with van der Waals surface area (Å²) in [7, 11) is 0. The lowest BCUT2D eigenvalue weighted by Crippen LogP contribution is -2.07. The van der Waals surface area contributed by atoms with Crippen LogP contribution in [0.4, 0.5) is 5.82 Å². The fraction of sp³-hybridized carbons (Fsp3) is 0.118. The summed E-state index contributed by atoms with van der Waals surface area (Å²) in [5, 5.41) is 0. The van der Waals surface area contributed by atoms with Gasteiger partial charge in [0, 0.05) is 5.56 Å². The zero-order valence-electron chi connectivity index (χ0n) is 11.5. The number of hydrogen-bond donors (Lipinski definition) is 0. The largest absolute Gasteiger partial charge is 0.462 e. The van der Waals surface area contributed by atoms with Crippen LogP contribution >= 0.6 is 0 Å². The Morgan fingerprint density at radius 1 is 1.43 bits per heavy atom. The van der Waals surface area contributed by atoms with Crippen LogP contribution in [0, 0.1) is 18.9 Å². The fourth-order valence-corrected chi connectivity index (χ4v) is 1.94. The Labute approximate surface area is 123 Å². The first-order valence-corrected chi connectivity index (χ1v) is 6.32. The van der Waals surface area contributed by atoms with Gasteiger partial charge in [-0.3, -0.25) is 0 Å². The Bertz CT molecular complexity index is 767. The highest BCUT2D eigenvalue weighted by molar-refractivity contribution is 5.98. The van der Waals surface area contributed by atoms with E-state index >= 15 is 0 Å². The van der Waals surface area contributed by atoms with Gasteiger partial charge in [-0.2, -0.15) is 0 Å². The zero-order valence-corrected chi connectivity index (χ0v) is 11.5. The van der Waals surface area contributed by atoms with Crippen molar-refractivity contribution in [3.63, 3.8) is 0 Å². The number of benzene rings is 1. The molecule has 0 aliphatic rings. The van der Waals surface area contributed by atoms with Crippen molar-refractivity contribution in [3.05, 3.63) is 59.1 Å². The van der Waals surface area contributed by atoms with Crippen LogP contribution in [0.25, 0.3) is 16.0 Å². The molecule has 21 heavy (non-hydrogen) atoms. The molecule has 0 unspecified atom stereocenters. The van der Waals surface area contributed by atoms with Crippen LogP contribution in [0.1, 0.15) is 22.8 Å². The third-order valence-electron chi connectivity index (χ3n) is 2.87. The van der Waals surface area contributed by atoms with Crippen molar-refractivity contribution in [1.29, 1.82) is 0 Å². The first-order chi connectivity index (χ1) is 10.2. The topological polar surface area (TPSA) is 43.5 Å². The predicted molar refractivity (Wildman–Crippen MR) is 79.8 cm³/mol. The molecular weight excluding hydrogens is 264 g/mol. The van der Waals surface area contributed by atoms with E-state index in [0.717, 1.165) is 0 Å². The molecule has 1 aromatic carbocycles. The first-order valence-electron chi connectivity index (χ1n) is 6.32. The Kier molecular flexibility index (Phi) is 4.33. The van der Waals surface area contributed by atoms with Crippen molar-refractivity contribution >= 4 is 11.8 Å². The van der Waals surface area contributed by atoms with Crippen molar-refractivity contribution in [2.24, 2.45) is 0 Å². The quantitative estimate of drug-likeness (QED) is 0.490. The average Bonchev–Trinajstić information content (AvgIpc) is 2.54. The molecule has 0 N–H and O–H groups in total. The van der Waals surface area contributed by atoms with Gasteiger partial charge in [-0.25, -0.2) is 4.79 Å². The van der Waals surface area contributed by atoms with Crippen molar-refractivity contribution in [2.75, 3.05) is 6.61 Å². The summed E-state index contributed by atoms with van der Waals surface area (Å²) in [5.41, 5.74) is 2.20. The maximum Gasteiger partial charge on any atom is 0.342 e. The van der Waals surface area contributed by atoms with Gasteiger partial charge in [-0.05, 0) is 30.2 Å². The predicted octanol–water partition coefficient (Wildman–Crippen LogP) is 3.46. The Morgan fingerprint density at radius 2 is 2.19 bits per heavy atom. The molecule has 0 spiro atoms. The highest BCUT2D eigenvalue weighted by Crippen LogP contribution is 2.29. The van der Waals surface area contributed by atoms with Crippen molar-refractivity contribution in [3.8, 4) is 23.5 Å². The Morgan fingerprint density at radius 3 is 2.86 bits per heavy atom. The molecule has 0 saturated heterocycles. The van der Waals surface area contributed by atoms with Gasteiger partial charge in [0.05, 0.1) is 6.61 Å². The van der Waals surface area contributed by atoms with E-state index in [1.165, 1.54) is 6.20 Å². The van der Waals surface area contributed by atoms with Gasteiger partial charge in [-0.15, -0.1) is 11.4 Å². The zero-order chi connectivity index (χ0) is 15.2. The molecule has 0 radical (unpaired) electrons. The maximum atomic E-state index is 12.0. The minimum absolute atomic E-state index is 0.199. The molecule has 2 aromatic rings. The highest BCUT2D eigenvalue weighted by Gasteiger charge is 2.18. The van der Waals surface area contributed by atoms with Crippen LogP contribution in [0.15, 0.2) is 36.5 Å². The molecular formula is C17H12N2O2. The van der Waals surface area contributed by atoms with Gasteiger partial charge in [0.1, 0.15) is 11.8 Å². The van der Waals surface area contributed by atoms with Crippen molar-refractivity contribution in [2.45, 2.75) is 6.92 Å². The third-order valence-corrected chi connectivity index (χ3v) is 2.87. The van der Waals surface area contributed by atoms with E-state index in [-0.39, 0.29) is 12.4 Å². The van der Waals surface area contributed by atoms with Gasteiger partial charge in [-0.1, -0.05) is 30.7 Å². The van der Waals surface area contributed by atoms with Crippen LogP contribution in [0.5, 0.6) is 0 Å². The standard InChI is InChI=1S/C17H12N2O2/c1-4-12-8-6-7-9-13(12)14-10-16(18-3)19-11-15(14)17(20)21-5-2/h1,6-11H,5H2,2H3. The monoisotopic (exact) mass is 276 g/mol. The average molecular weight is 276 g/mol. The summed E-state index contributed by atoms with van der Waals surface area (Å²) in [6, 6.07) is 8.78. The summed E-state index contributed by atoms with van der Waals surface area (Å²) < 4.78 is 5.03. The van der Waals surface area contributed by atoms with Crippen LogP contribution in [-0.4, -0.2) is 17.6 Å². The number of pyridine rings is 1. The second-order valence-electron chi connectivity index (χ2n) is 4.11. The van der Waals surface area contributed by atoms with E-state index in [1.54, 1.807) is 25.1 Å².